The van der Waals surface area contributed by atoms with Crippen molar-refractivity contribution >= 4 is 17.4 Å². The maximum Gasteiger partial charge on any atom is 0.264 e. The van der Waals surface area contributed by atoms with Crippen molar-refractivity contribution in [3.05, 3.63) is 65.2 Å². The summed E-state index contributed by atoms with van der Waals surface area (Å²) in [6.45, 7) is 0. The fraction of sp³-hybridized carbons (Fsp3) is 0.263. The summed E-state index contributed by atoms with van der Waals surface area (Å²) in [6.07, 6.45) is 1.16. The molecule has 2 atom stereocenters. The quantitative estimate of drug-likeness (QED) is 0.879. The minimum absolute atomic E-state index is 0.146. The number of hydrogen-bond acceptors (Lipinski definition) is 3. The zero-order valence-electron chi connectivity index (χ0n) is 12.8. The first-order valence-corrected chi connectivity index (χ1v) is 7.77. The molecular weight excluding hydrogens is 290 g/mol. The first kappa shape index (κ1) is 14.2. The van der Waals surface area contributed by atoms with E-state index < -0.39 is 17.4 Å². The van der Waals surface area contributed by atoms with E-state index in [1.165, 1.54) is 4.90 Å². The summed E-state index contributed by atoms with van der Waals surface area (Å²) in [4.78, 5) is 27.2. The maximum atomic E-state index is 12.9. The first-order valence-electron chi connectivity index (χ1n) is 7.77. The zero-order valence-corrected chi connectivity index (χ0v) is 12.8. The lowest BCUT2D eigenvalue weighted by atomic mass is 9.71. The Balaban J connectivity index is 1.85. The number of aryl methyl sites for hydroxylation is 1. The molecule has 2 aromatic rings. The average molecular weight is 307 g/mol. The highest BCUT2D eigenvalue weighted by molar-refractivity contribution is 6.12. The Bertz CT molecular complexity index is 829. The summed E-state index contributed by atoms with van der Waals surface area (Å²) in [5, 5.41) is 11.3. The smallest absolute Gasteiger partial charge is 0.264 e. The van der Waals surface area contributed by atoms with Crippen molar-refractivity contribution in [1.82, 2.24) is 0 Å². The van der Waals surface area contributed by atoms with Crippen LogP contribution in [-0.4, -0.2) is 23.8 Å². The number of fused-ring (bicyclic) bond motifs is 2. The largest absolute Gasteiger partial charge is 0.375 e. The summed E-state index contributed by atoms with van der Waals surface area (Å²) >= 11 is 0. The van der Waals surface area contributed by atoms with Gasteiger partial charge in [-0.25, -0.2) is 0 Å². The van der Waals surface area contributed by atoms with Crippen molar-refractivity contribution in [2.24, 2.45) is 5.92 Å². The van der Waals surface area contributed by atoms with Gasteiger partial charge < -0.3 is 10.0 Å². The summed E-state index contributed by atoms with van der Waals surface area (Å²) in [5.74, 6) is -1.31. The average Bonchev–Trinajstić information content (AvgIpc) is 2.78. The van der Waals surface area contributed by atoms with Gasteiger partial charge in [0.25, 0.3) is 5.91 Å². The lowest BCUT2D eigenvalue weighted by Crippen LogP contribution is -2.49. The molecule has 0 saturated heterocycles. The number of carbonyl (C=O) groups is 2. The minimum atomic E-state index is -1.77. The molecule has 0 aromatic heterocycles. The Morgan fingerprint density at radius 1 is 1.09 bits per heavy atom. The van der Waals surface area contributed by atoms with Crippen LogP contribution in [0.25, 0.3) is 0 Å². The number of benzene rings is 2. The standard InChI is InChI=1S/C19H17NO3/c1-20-16-9-5-4-8-14(16)19(23,18(20)22)15-11-10-12-6-2-3-7-13(12)17(15)21/h2-9,15,23H,10-11H2,1H3. The van der Waals surface area contributed by atoms with Gasteiger partial charge in [0.1, 0.15) is 0 Å². The van der Waals surface area contributed by atoms with Crippen LogP contribution in [0.3, 0.4) is 0 Å². The van der Waals surface area contributed by atoms with E-state index in [1.807, 2.05) is 24.3 Å². The minimum Gasteiger partial charge on any atom is -0.375 e. The zero-order chi connectivity index (χ0) is 16.2. The van der Waals surface area contributed by atoms with E-state index in [9.17, 15) is 14.7 Å². The molecule has 4 heteroatoms. The monoisotopic (exact) mass is 307 g/mol. The van der Waals surface area contributed by atoms with Crippen molar-refractivity contribution in [3.63, 3.8) is 0 Å². The molecule has 1 aliphatic carbocycles. The van der Waals surface area contributed by atoms with Gasteiger partial charge in [-0.2, -0.15) is 0 Å². The number of hydrogen-bond donors (Lipinski definition) is 1. The number of amides is 1. The van der Waals surface area contributed by atoms with Gasteiger partial charge in [-0.1, -0.05) is 42.5 Å². The van der Waals surface area contributed by atoms with E-state index in [1.54, 1.807) is 31.3 Å². The van der Waals surface area contributed by atoms with Crippen LogP contribution in [0.15, 0.2) is 48.5 Å². The van der Waals surface area contributed by atoms with Gasteiger partial charge in [0.15, 0.2) is 11.4 Å². The molecule has 1 aliphatic heterocycles. The van der Waals surface area contributed by atoms with Gasteiger partial charge >= 0.3 is 0 Å². The van der Waals surface area contributed by atoms with Crippen LogP contribution in [0.5, 0.6) is 0 Å². The second-order valence-corrected chi connectivity index (χ2v) is 6.26. The molecular formula is C19H17NO3. The number of rotatable bonds is 1. The second-order valence-electron chi connectivity index (χ2n) is 6.26. The van der Waals surface area contributed by atoms with Gasteiger partial charge in [-0.15, -0.1) is 0 Å². The van der Waals surface area contributed by atoms with E-state index in [2.05, 4.69) is 0 Å². The van der Waals surface area contributed by atoms with Crippen LogP contribution in [0.4, 0.5) is 5.69 Å². The van der Waals surface area contributed by atoms with Gasteiger partial charge in [-0.05, 0) is 24.5 Å². The van der Waals surface area contributed by atoms with Crippen LogP contribution < -0.4 is 4.90 Å². The first-order chi connectivity index (χ1) is 11.0. The van der Waals surface area contributed by atoms with Gasteiger partial charge in [0.05, 0.1) is 11.6 Å². The summed E-state index contributed by atoms with van der Waals surface area (Å²) in [5.41, 5.74) is 1.05. The Morgan fingerprint density at radius 2 is 1.78 bits per heavy atom. The molecule has 1 amide bonds. The van der Waals surface area contributed by atoms with E-state index in [0.717, 1.165) is 5.56 Å². The molecule has 4 nitrogen and oxygen atoms in total. The predicted molar refractivity (Wildman–Crippen MR) is 86.3 cm³/mol. The molecule has 1 N–H and O–H groups in total. The van der Waals surface area contributed by atoms with Crippen molar-refractivity contribution in [3.8, 4) is 0 Å². The van der Waals surface area contributed by atoms with Crippen molar-refractivity contribution < 1.29 is 14.7 Å². The number of aliphatic hydroxyl groups is 1. The highest BCUT2D eigenvalue weighted by atomic mass is 16.3. The highest BCUT2D eigenvalue weighted by Crippen LogP contribution is 2.47. The van der Waals surface area contributed by atoms with Crippen LogP contribution in [0.2, 0.25) is 0 Å². The Labute approximate surface area is 134 Å². The molecule has 0 radical (unpaired) electrons. The number of nitrogens with zero attached hydrogens (tertiary/aromatic N) is 1. The topological polar surface area (TPSA) is 57.6 Å². The number of likely N-dealkylation sites (N-methyl/N-ethyl adjacent to an activating group) is 1. The molecule has 0 spiro atoms. The number of para-hydroxylation sites is 1. The van der Waals surface area contributed by atoms with Crippen LogP contribution in [-0.2, 0) is 16.8 Å². The van der Waals surface area contributed by atoms with E-state index in [4.69, 9.17) is 0 Å². The lowest BCUT2D eigenvalue weighted by molar-refractivity contribution is -0.140. The van der Waals surface area contributed by atoms with E-state index in [0.29, 0.717) is 29.7 Å². The number of anilines is 1. The lowest BCUT2D eigenvalue weighted by Gasteiger charge is -2.34. The molecule has 1 heterocycles. The van der Waals surface area contributed by atoms with Crippen molar-refractivity contribution in [2.75, 3.05) is 11.9 Å². The maximum absolute atomic E-state index is 12.9. The van der Waals surface area contributed by atoms with E-state index >= 15 is 0 Å². The molecule has 2 unspecified atom stereocenters. The van der Waals surface area contributed by atoms with E-state index in [-0.39, 0.29) is 5.78 Å². The molecule has 0 saturated carbocycles. The summed E-state index contributed by atoms with van der Waals surface area (Å²) in [7, 11) is 1.64. The summed E-state index contributed by atoms with van der Waals surface area (Å²) in [6, 6.07) is 14.6. The SMILES string of the molecule is CN1C(=O)C(O)(C2CCc3ccccc3C2=O)c2ccccc21. The van der Waals surface area contributed by atoms with Crippen molar-refractivity contribution in [1.29, 1.82) is 0 Å². The third kappa shape index (κ3) is 1.75. The number of Topliss-reactive ketones (excluding diaryl/α,β-unsaturated/α-hetero) is 1. The van der Waals surface area contributed by atoms with Crippen LogP contribution in [0, 0.1) is 5.92 Å². The molecule has 4 rings (SSSR count). The fourth-order valence-electron chi connectivity index (χ4n) is 3.90. The van der Waals surface area contributed by atoms with Gasteiger partial charge in [0, 0.05) is 18.2 Å². The Hall–Kier alpha value is -2.46. The molecule has 0 bridgehead atoms. The molecule has 2 aliphatic rings. The molecule has 0 fully saturated rings. The summed E-state index contributed by atoms with van der Waals surface area (Å²) < 4.78 is 0. The molecule has 23 heavy (non-hydrogen) atoms. The number of ketones is 1. The third-order valence-electron chi connectivity index (χ3n) is 5.11. The fourth-order valence-corrected chi connectivity index (χ4v) is 3.90. The van der Waals surface area contributed by atoms with Gasteiger partial charge in [0.2, 0.25) is 0 Å². The second kappa shape index (κ2) is 4.77. The predicted octanol–water partition coefficient (Wildman–Crippen LogP) is 2.30. The van der Waals surface area contributed by atoms with Gasteiger partial charge in [-0.3, -0.25) is 9.59 Å². The Kier molecular flexibility index (Phi) is 2.93. The normalized spacial score (nSPS) is 26.2. The Morgan fingerprint density at radius 3 is 2.61 bits per heavy atom. The third-order valence-corrected chi connectivity index (χ3v) is 5.11. The van der Waals surface area contributed by atoms with Crippen LogP contribution >= 0.6 is 0 Å². The molecule has 116 valence electrons. The molecule has 2 aromatic carbocycles. The highest BCUT2D eigenvalue weighted by Gasteiger charge is 2.56. The van der Waals surface area contributed by atoms with Crippen molar-refractivity contribution in [2.45, 2.75) is 18.4 Å². The van der Waals surface area contributed by atoms with Crippen LogP contribution in [0.1, 0.15) is 27.9 Å². The number of carbonyl (C=O) groups excluding carboxylic acids is 2.